The van der Waals surface area contributed by atoms with Gasteiger partial charge >= 0.3 is 0 Å². The predicted molar refractivity (Wildman–Crippen MR) is 120 cm³/mol. The van der Waals surface area contributed by atoms with Crippen LogP contribution < -0.4 is 10.6 Å². The van der Waals surface area contributed by atoms with Crippen molar-refractivity contribution >= 4 is 29.9 Å². The first-order chi connectivity index (χ1) is 14.0. The Balaban J connectivity index is 0.00000320. The monoisotopic (exact) mass is 433 g/mol. The molecule has 2 aromatic carbocycles. The minimum absolute atomic E-state index is 0. The molecule has 0 fully saturated rings. The van der Waals surface area contributed by atoms with Gasteiger partial charge in [-0.15, -0.1) is 12.4 Å². The van der Waals surface area contributed by atoms with Crippen LogP contribution in [0.3, 0.4) is 0 Å². The Labute approximate surface area is 183 Å². The van der Waals surface area contributed by atoms with E-state index in [0.29, 0.717) is 42.7 Å². The lowest BCUT2D eigenvalue weighted by atomic mass is 9.99. The Morgan fingerprint density at radius 1 is 1.10 bits per heavy atom. The lowest BCUT2D eigenvalue weighted by Crippen LogP contribution is -2.32. The molecule has 1 heterocycles. The molecular weight excluding hydrogens is 405 g/mol. The van der Waals surface area contributed by atoms with Gasteiger partial charge in [0.05, 0.1) is 5.69 Å². The molecule has 7 heteroatoms. The molecule has 2 amide bonds. The Morgan fingerprint density at radius 2 is 1.80 bits per heavy atom. The molecule has 0 saturated heterocycles. The zero-order chi connectivity index (χ0) is 20.8. The number of nitrogens with one attached hydrogen (secondary N) is 2. The molecule has 1 aliphatic rings. The van der Waals surface area contributed by atoms with Crippen molar-refractivity contribution in [2.45, 2.75) is 39.7 Å². The van der Waals surface area contributed by atoms with Gasteiger partial charge in [0.2, 0.25) is 0 Å². The van der Waals surface area contributed by atoms with Crippen LogP contribution >= 0.6 is 12.4 Å². The molecule has 0 aromatic heterocycles. The Hall–Kier alpha value is -2.44. The van der Waals surface area contributed by atoms with Crippen molar-refractivity contribution in [3.63, 3.8) is 0 Å². The lowest BCUT2D eigenvalue weighted by molar-refractivity contribution is 0.0755. The van der Waals surface area contributed by atoms with Gasteiger partial charge in [-0.1, -0.05) is 26.0 Å². The van der Waals surface area contributed by atoms with Gasteiger partial charge in [-0.3, -0.25) is 9.59 Å². The van der Waals surface area contributed by atoms with E-state index in [1.54, 1.807) is 35.2 Å². The normalized spacial score (nSPS) is 12.5. The summed E-state index contributed by atoms with van der Waals surface area (Å²) in [4.78, 5) is 27.3. The van der Waals surface area contributed by atoms with Crippen LogP contribution in [0.1, 0.15) is 58.5 Å². The van der Waals surface area contributed by atoms with Gasteiger partial charge in [-0.25, -0.2) is 4.39 Å². The fraction of sp³-hybridized carbons (Fsp3) is 0.391. The van der Waals surface area contributed by atoms with E-state index in [0.717, 1.165) is 24.9 Å². The van der Waals surface area contributed by atoms with Crippen molar-refractivity contribution in [3.05, 3.63) is 64.5 Å². The summed E-state index contributed by atoms with van der Waals surface area (Å²) in [5.74, 6) is -0.887. The molecule has 2 aromatic rings. The van der Waals surface area contributed by atoms with Crippen LogP contribution in [-0.2, 0) is 13.0 Å². The van der Waals surface area contributed by atoms with Crippen LogP contribution in [0.4, 0.5) is 10.1 Å². The molecule has 162 valence electrons. The van der Waals surface area contributed by atoms with Crippen molar-refractivity contribution in [2.24, 2.45) is 0 Å². The molecule has 0 bridgehead atoms. The molecule has 0 radical (unpaired) electrons. The molecule has 0 spiro atoms. The Bertz CT molecular complexity index is 898. The molecule has 0 aliphatic carbocycles. The van der Waals surface area contributed by atoms with Gasteiger partial charge in [0, 0.05) is 30.8 Å². The number of amides is 2. The fourth-order valence-electron chi connectivity index (χ4n) is 3.66. The number of carbonyl (C=O) groups excluding carboxylic acids is 2. The zero-order valence-corrected chi connectivity index (χ0v) is 18.3. The van der Waals surface area contributed by atoms with E-state index in [1.165, 1.54) is 0 Å². The van der Waals surface area contributed by atoms with E-state index in [1.807, 2.05) is 19.9 Å². The average Bonchev–Trinajstić information content (AvgIpc) is 2.75. The third-order valence-electron chi connectivity index (χ3n) is 5.10. The number of fused-ring (bicyclic) bond motifs is 1. The number of hydrogen-bond donors (Lipinski definition) is 2. The van der Waals surface area contributed by atoms with Crippen LogP contribution in [-0.4, -0.2) is 36.3 Å². The zero-order valence-electron chi connectivity index (χ0n) is 17.5. The van der Waals surface area contributed by atoms with E-state index in [9.17, 15) is 14.0 Å². The largest absolute Gasteiger partial charge is 0.339 e. The second-order valence-corrected chi connectivity index (χ2v) is 7.32. The summed E-state index contributed by atoms with van der Waals surface area (Å²) in [5.41, 5.74) is 2.55. The molecule has 0 unspecified atom stereocenters. The molecule has 30 heavy (non-hydrogen) atoms. The number of benzene rings is 2. The number of nitrogens with zero attached hydrogens (tertiary/aromatic N) is 1. The van der Waals surface area contributed by atoms with Gasteiger partial charge < -0.3 is 15.5 Å². The number of carbonyl (C=O) groups is 2. The standard InChI is InChI=1S/C23H28FN3O2.ClH/c1-3-12-27(13-4-2)23(29)17-7-5-6-16(14-17)22(28)26-20-9-8-18-15-25-11-10-19(18)21(20)24;/h5-9,14,25H,3-4,10-13,15H2,1-2H3,(H,26,28);1H. The predicted octanol–water partition coefficient (Wildman–Crippen LogP) is 4.41. The van der Waals surface area contributed by atoms with Gasteiger partial charge in [0.1, 0.15) is 5.82 Å². The van der Waals surface area contributed by atoms with Crippen LogP contribution in [0, 0.1) is 5.82 Å². The van der Waals surface area contributed by atoms with Crippen LogP contribution in [0.5, 0.6) is 0 Å². The summed E-state index contributed by atoms with van der Waals surface area (Å²) in [6.45, 7) is 6.77. The molecule has 0 saturated carbocycles. The highest BCUT2D eigenvalue weighted by Gasteiger charge is 2.19. The van der Waals surface area contributed by atoms with Crippen LogP contribution in [0.25, 0.3) is 0 Å². The highest BCUT2D eigenvalue weighted by molar-refractivity contribution is 6.06. The van der Waals surface area contributed by atoms with Gasteiger partial charge in [-0.2, -0.15) is 0 Å². The maximum absolute atomic E-state index is 14.8. The van der Waals surface area contributed by atoms with Crippen LogP contribution in [0.2, 0.25) is 0 Å². The third kappa shape index (κ3) is 5.37. The smallest absolute Gasteiger partial charge is 0.255 e. The second-order valence-electron chi connectivity index (χ2n) is 7.32. The van der Waals surface area contributed by atoms with Crippen molar-refractivity contribution in [3.8, 4) is 0 Å². The summed E-state index contributed by atoms with van der Waals surface area (Å²) < 4.78 is 14.8. The Morgan fingerprint density at radius 3 is 2.50 bits per heavy atom. The first-order valence-electron chi connectivity index (χ1n) is 10.3. The number of anilines is 1. The maximum atomic E-state index is 14.8. The van der Waals surface area contributed by atoms with E-state index in [4.69, 9.17) is 0 Å². The lowest BCUT2D eigenvalue weighted by Gasteiger charge is -2.22. The summed E-state index contributed by atoms with van der Waals surface area (Å²) >= 11 is 0. The summed E-state index contributed by atoms with van der Waals surface area (Å²) in [7, 11) is 0. The third-order valence-corrected chi connectivity index (χ3v) is 5.10. The van der Waals surface area contributed by atoms with E-state index < -0.39 is 5.91 Å². The number of hydrogen-bond acceptors (Lipinski definition) is 3. The van der Waals surface area contributed by atoms with Gasteiger partial charge in [0.15, 0.2) is 0 Å². The molecule has 5 nitrogen and oxygen atoms in total. The molecule has 2 N–H and O–H groups in total. The van der Waals surface area contributed by atoms with Crippen molar-refractivity contribution in [2.75, 3.05) is 25.0 Å². The number of rotatable bonds is 7. The molecule has 1 aliphatic heterocycles. The highest BCUT2D eigenvalue weighted by atomic mass is 35.5. The molecular formula is C23H29ClFN3O2. The van der Waals surface area contributed by atoms with Crippen molar-refractivity contribution in [1.29, 1.82) is 0 Å². The molecule has 0 atom stereocenters. The first kappa shape index (κ1) is 23.8. The SMILES string of the molecule is CCCN(CCC)C(=O)c1cccc(C(=O)Nc2ccc3c(c2F)CCNC3)c1.Cl. The minimum Gasteiger partial charge on any atom is -0.339 e. The minimum atomic E-state index is -0.426. The molecule has 3 rings (SSSR count). The highest BCUT2D eigenvalue weighted by Crippen LogP contribution is 2.25. The topological polar surface area (TPSA) is 61.4 Å². The van der Waals surface area contributed by atoms with Crippen LogP contribution in [0.15, 0.2) is 36.4 Å². The first-order valence-corrected chi connectivity index (χ1v) is 10.3. The average molecular weight is 434 g/mol. The summed E-state index contributed by atoms with van der Waals surface area (Å²) in [5, 5.41) is 5.87. The fourth-order valence-corrected chi connectivity index (χ4v) is 3.66. The quantitative estimate of drug-likeness (QED) is 0.680. The van der Waals surface area contributed by atoms with Crippen molar-refractivity contribution in [1.82, 2.24) is 10.2 Å². The van der Waals surface area contributed by atoms with E-state index >= 15 is 0 Å². The summed E-state index contributed by atoms with van der Waals surface area (Å²) in [6, 6.07) is 10.1. The second kappa shape index (κ2) is 11.1. The van der Waals surface area contributed by atoms with Crippen molar-refractivity contribution < 1.29 is 14.0 Å². The maximum Gasteiger partial charge on any atom is 0.255 e. The Kier molecular flexibility index (Phi) is 8.81. The van der Waals surface area contributed by atoms with Gasteiger partial charge in [0.25, 0.3) is 11.8 Å². The van der Waals surface area contributed by atoms with E-state index in [-0.39, 0.29) is 29.8 Å². The van der Waals surface area contributed by atoms with Gasteiger partial charge in [-0.05, 0) is 61.2 Å². The van der Waals surface area contributed by atoms with E-state index in [2.05, 4.69) is 10.6 Å². The summed E-state index contributed by atoms with van der Waals surface area (Å²) in [6.07, 6.45) is 2.34. The number of halogens is 2.